The number of nitrogens with zero attached hydrogens (tertiary/aromatic N) is 5. The van der Waals surface area contributed by atoms with Crippen LogP contribution in [0, 0.1) is 0 Å². The molecule has 0 radical (unpaired) electrons. The van der Waals surface area contributed by atoms with Crippen molar-refractivity contribution >= 4 is 116 Å². The van der Waals surface area contributed by atoms with Crippen LogP contribution in [0.4, 0.5) is 0 Å². The molecule has 10 aromatic carbocycles. The molecule has 0 amide bonds. The molecule has 4 bridgehead atoms. The average molecular weight is 1010 g/mol. The molecule has 5 nitrogen and oxygen atoms in total. The highest BCUT2D eigenvalue weighted by atomic mass is 28.3. The fourth-order valence-electron chi connectivity index (χ4n) is 12.3. The van der Waals surface area contributed by atoms with Gasteiger partial charge in [-0.3, -0.25) is 0 Å². The lowest BCUT2D eigenvalue weighted by Gasteiger charge is -2.32. The van der Waals surface area contributed by atoms with Gasteiger partial charge in [0.05, 0.1) is 22.1 Å². The van der Waals surface area contributed by atoms with Crippen LogP contribution in [0.5, 0.6) is 0 Å². The summed E-state index contributed by atoms with van der Waals surface area (Å²) < 4.78 is 4.96. The van der Waals surface area contributed by atoms with E-state index >= 15 is 0 Å². The maximum absolute atomic E-state index is 5.79. The number of benzene rings is 10. The molecular formula is C71H57N5Si. The maximum Gasteiger partial charge on any atom is 0.226 e. The second-order valence-corrected chi connectivity index (χ2v) is 26.5. The Balaban J connectivity index is 1.14. The lowest BCUT2D eigenvalue weighted by molar-refractivity contribution is 0.590. The molecule has 0 N–H and O–H groups in total. The molecule has 0 aliphatic carbocycles. The Morgan fingerprint density at radius 2 is 0.714 bits per heavy atom. The van der Waals surface area contributed by atoms with Gasteiger partial charge >= 0.3 is 0 Å². The maximum atomic E-state index is 5.79. The Morgan fingerprint density at radius 3 is 1.22 bits per heavy atom. The lowest BCUT2D eigenvalue weighted by atomic mass is 9.85. The van der Waals surface area contributed by atoms with Crippen molar-refractivity contribution in [1.29, 1.82) is 0 Å². The standard InChI is InChI=1S/C71H57N5Si/c1-70(2,3)47-35-38-63-58(43-47)59-44-48(71(4,5)6)36-39-64(59)75(63)50-37-40-65-60(45-50)62-42-46-41-61(66(62)76(65)49-23-11-7-12-24-49)55-32-20-22-34-57(55)68-72-67(56-33-21-19-31-54(46)56)73-69(74-68)77(51-25-13-8-14-26-51,52-27-15-9-16-28-52)53-29-17-10-18-30-53/h7-45H,1-6H3. The molecule has 0 fully saturated rings. The summed E-state index contributed by atoms with van der Waals surface area (Å²) in [5.41, 5.74) is 11.6. The third-order valence-electron chi connectivity index (χ3n) is 16.1. The normalized spacial score (nSPS) is 12.5. The molecule has 0 unspecified atom stereocenters. The second-order valence-electron chi connectivity index (χ2n) is 22.8. The molecule has 0 aliphatic rings. The molecule has 0 spiro atoms. The van der Waals surface area contributed by atoms with Crippen LogP contribution in [-0.2, 0) is 10.8 Å². The summed E-state index contributed by atoms with van der Waals surface area (Å²) in [6.07, 6.45) is 0. The first-order chi connectivity index (χ1) is 37.4. The Morgan fingerprint density at radius 1 is 0.312 bits per heavy atom. The van der Waals surface area contributed by atoms with Gasteiger partial charge in [-0.2, -0.15) is 0 Å². The summed E-state index contributed by atoms with van der Waals surface area (Å²) in [4.78, 5) is 17.1. The van der Waals surface area contributed by atoms with Crippen molar-refractivity contribution in [3.63, 3.8) is 0 Å². The highest BCUT2D eigenvalue weighted by Crippen LogP contribution is 2.43. The molecule has 4 heterocycles. The van der Waals surface area contributed by atoms with Gasteiger partial charge < -0.3 is 9.13 Å². The number of hydrogen-bond donors (Lipinski definition) is 0. The quantitative estimate of drug-likeness (QED) is 0.123. The minimum Gasteiger partial charge on any atom is -0.309 e. The van der Waals surface area contributed by atoms with Crippen molar-refractivity contribution in [2.75, 3.05) is 0 Å². The molecule has 14 rings (SSSR count). The molecular weight excluding hydrogens is 951 g/mol. The zero-order valence-electron chi connectivity index (χ0n) is 44.3. The predicted molar refractivity (Wildman–Crippen MR) is 328 cm³/mol. The first kappa shape index (κ1) is 46.6. The van der Waals surface area contributed by atoms with E-state index in [0.717, 1.165) is 65.6 Å². The molecule has 0 atom stereocenters. The van der Waals surface area contributed by atoms with Gasteiger partial charge in [-0.15, -0.1) is 0 Å². The summed E-state index contributed by atoms with van der Waals surface area (Å²) in [5.74, 6) is 0. The summed E-state index contributed by atoms with van der Waals surface area (Å²) in [6, 6.07) is 87.2. The first-order valence-electron chi connectivity index (χ1n) is 26.8. The molecule has 77 heavy (non-hydrogen) atoms. The Hall–Kier alpha value is -8.97. The highest BCUT2D eigenvalue weighted by molar-refractivity contribution is 7.19. The summed E-state index contributed by atoms with van der Waals surface area (Å²) in [7, 11) is -3.20. The number of rotatable bonds is 6. The Labute approximate surface area is 449 Å². The van der Waals surface area contributed by atoms with Crippen LogP contribution in [0.3, 0.4) is 0 Å². The van der Waals surface area contributed by atoms with E-state index in [0.29, 0.717) is 11.3 Å². The van der Waals surface area contributed by atoms with E-state index in [2.05, 4.69) is 287 Å². The summed E-state index contributed by atoms with van der Waals surface area (Å²) >= 11 is 0. The minimum absolute atomic E-state index is 0.000839. The summed E-state index contributed by atoms with van der Waals surface area (Å²) in [5, 5.41) is 14.7. The fourth-order valence-corrected chi connectivity index (χ4v) is 16.7. The van der Waals surface area contributed by atoms with E-state index in [4.69, 9.17) is 15.0 Å². The monoisotopic (exact) mass is 1010 g/mol. The van der Waals surface area contributed by atoms with Crippen LogP contribution in [0.25, 0.3) is 98.6 Å². The van der Waals surface area contributed by atoms with E-state index in [1.807, 2.05) is 0 Å². The van der Waals surface area contributed by atoms with Crippen LogP contribution in [0.1, 0.15) is 52.7 Å². The van der Waals surface area contributed by atoms with Crippen molar-refractivity contribution in [3.05, 3.63) is 248 Å². The zero-order valence-corrected chi connectivity index (χ0v) is 45.3. The predicted octanol–water partition coefficient (Wildman–Crippen LogP) is 15.2. The van der Waals surface area contributed by atoms with E-state index < -0.39 is 8.07 Å². The molecule has 370 valence electrons. The highest BCUT2D eigenvalue weighted by Gasteiger charge is 2.45. The Bertz CT molecular complexity index is 4510. The van der Waals surface area contributed by atoms with Gasteiger partial charge in [-0.25, -0.2) is 15.0 Å². The van der Waals surface area contributed by atoms with Crippen LogP contribution < -0.4 is 21.0 Å². The minimum atomic E-state index is -3.20. The number of hydrogen-bond acceptors (Lipinski definition) is 3. The van der Waals surface area contributed by atoms with E-state index in [1.54, 1.807) is 0 Å². The van der Waals surface area contributed by atoms with Crippen molar-refractivity contribution in [2.45, 2.75) is 52.4 Å². The topological polar surface area (TPSA) is 48.5 Å². The van der Waals surface area contributed by atoms with Crippen LogP contribution in [-0.4, -0.2) is 32.2 Å². The average Bonchev–Trinajstić information content (AvgIpc) is 4.17. The van der Waals surface area contributed by atoms with Gasteiger partial charge in [-0.05, 0) is 120 Å². The van der Waals surface area contributed by atoms with Crippen LogP contribution in [0.2, 0.25) is 0 Å². The third-order valence-corrected chi connectivity index (χ3v) is 20.6. The van der Waals surface area contributed by atoms with Crippen molar-refractivity contribution < 1.29 is 0 Å². The van der Waals surface area contributed by atoms with Gasteiger partial charge in [0.1, 0.15) is 5.45 Å². The van der Waals surface area contributed by atoms with Crippen LogP contribution >= 0.6 is 0 Å². The van der Waals surface area contributed by atoms with Gasteiger partial charge in [0.2, 0.25) is 8.07 Å². The van der Waals surface area contributed by atoms with Gasteiger partial charge in [0, 0.05) is 49.1 Å². The van der Waals surface area contributed by atoms with Crippen molar-refractivity contribution in [1.82, 2.24) is 24.1 Å². The van der Waals surface area contributed by atoms with E-state index in [9.17, 15) is 0 Å². The first-order valence-corrected chi connectivity index (χ1v) is 28.8. The van der Waals surface area contributed by atoms with E-state index in [-0.39, 0.29) is 10.8 Å². The lowest BCUT2D eigenvalue weighted by Crippen LogP contribution is -2.76. The summed E-state index contributed by atoms with van der Waals surface area (Å²) in [6.45, 7) is 13.8. The molecule has 4 aromatic heterocycles. The van der Waals surface area contributed by atoms with Crippen molar-refractivity contribution in [2.24, 2.45) is 0 Å². The van der Waals surface area contributed by atoms with Crippen LogP contribution in [0.15, 0.2) is 237 Å². The number of para-hydroxylation sites is 1. The molecule has 14 aromatic rings. The largest absolute Gasteiger partial charge is 0.309 e. The Kier molecular flexibility index (Phi) is 10.6. The fraction of sp³-hybridized carbons (Fsp3) is 0.113. The smallest absolute Gasteiger partial charge is 0.226 e. The van der Waals surface area contributed by atoms with Gasteiger partial charge in [-0.1, -0.05) is 211 Å². The van der Waals surface area contributed by atoms with E-state index in [1.165, 1.54) is 53.9 Å². The second kappa shape index (κ2) is 17.6. The zero-order chi connectivity index (χ0) is 52.2. The van der Waals surface area contributed by atoms with Crippen molar-refractivity contribution in [3.8, 4) is 11.4 Å². The SMILES string of the molecule is CC(C)(C)c1ccc2c(c1)c1cc(C(C)(C)C)ccc1n2-c1ccc2c(c1)c1cc3cc(c4ccccc4c4nc([Si](c5ccccc5)(c5ccccc5)c5ccccc5)nc(n4)c4ccccc34)c1n2-c1ccccc1. The number of aromatic nitrogens is 5. The molecule has 6 heteroatoms. The third kappa shape index (κ3) is 7.38. The molecule has 0 aliphatic heterocycles. The van der Waals surface area contributed by atoms with Gasteiger partial charge in [0.15, 0.2) is 11.3 Å². The number of fused-ring (bicyclic) bond motifs is 17. The molecule has 0 saturated heterocycles. The van der Waals surface area contributed by atoms with Gasteiger partial charge in [0.25, 0.3) is 0 Å². The molecule has 0 saturated carbocycles.